The van der Waals surface area contributed by atoms with Crippen molar-refractivity contribution >= 4 is 33.4 Å². The number of carbonyl (C=O) groups is 1. The lowest BCUT2D eigenvalue weighted by molar-refractivity contribution is 0.0628. The third-order valence-electron chi connectivity index (χ3n) is 5.64. The van der Waals surface area contributed by atoms with E-state index in [1.807, 2.05) is 41.3 Å². The lowest BCUT2D eigenvalue weighted by Crippen LogP contribution is -2.48. The van der Waals surface area contributed by atoms with E-state index in [2.05, 4.69) is 52.0 Å². The molecule has 32 heavy (non-hydrogen) atoms. The van der Waals surface area contributed by atoms with E-state index in [1.165, 1.54) is 11.1 Å². The molecule has 1 aliphatic rings. The highest BCUT2D eigenvalue weighted by atomic mass is 79.9. The molecular formula is C26H26BrClN2O2. The number of rotatable bonds is 6. The molecule has 0 unspecified atom stereocenters. The molecule has 0 N–H and O–H groups in total. The second-order valence-electron chi connectivity index (χ2n) is 8.12. The molecule has 3 aromatic rings. The van der Waals surface area contributed by atoms with Crippen LogP contribution in [0.15, 0.2) is 71.2 Å². The Kier molecular flexibility index (Phi) is 7.51. The number of piperazine rings is 1. The number of benzene rings is 3. The van der Waals surface area contributed by atoms with Crippen molar-refractivity contribution in [1.82, 2.24) is 9.80 Å². The molecule has 0 atom stereocenters. The van der Waals surface area contributed by atoms with E-state index in [0.29, 0.717) is 22.9 Å². The maximum atomic E-state index is 12.9. The smallest absolute Gasteiger partial charge is 0.253 e. The standard InChI is InChI=1S/C26H26BrClN2O2/c1-19-3-2-4-21(15-19)17-29-11-13-30(14-12-29)26(31)22-7-5-20(6-8-22)18-32-25-10-9-23(27)16-24(25)28/h2-10,15-16H,11-14,17-18H2,1H3. The highest BCUT2D eigenvalue weighted by Crippen LogP contribution is 2.28. The van der Waals surface area contributed by atoms with Gasteiger partial charge in [0.1, 0.15) is 12.4 Å². The molecule has 1 aliphatic heterocycles. The van der Waals surface area contributed by atoms with Gasteiger partial charge in [0.15, 0.2) is 0 Å². The molecule has 3 aromatic carbocycles. The van der Waals surface area contributed by atoms with E-state index in [9.17, 15) is 4.79 Å². The molecule has 6 heteroatoms. The predicted molar refractivity (Wildman–Crippen MR) is 132 cm³/mol. The van der Waals surface area contributed by atoms with Crippen LogP contribution in [0.1, 0.15) is 27.0 Å². The van der Waals surface area contributed by atoms with Gasteiger partial charge in [-0.2, -0.15) is 0 Å². The summed E-state index contributed by atoms with van der Waals surface area (Å²) in [6.45, 7) is 6.72. The second kappa shape index (κ2) is 10.5. The maximum Gasteiger partial charge on any atom is 0.253 e. The van der Waals surface area contributed by atoms with Crippen molar-refractivity contribution in [2.75, 3.05) is 26.2 Å². The molecule has 166 valence electrons. The molecule has 1 heterocycles. The van der Waals surface area contributed by atoms with Gasteiger partial charge in [0.25, 0.3) is 5.91 Å². The van der Waals surface area contributed by atoms with Crippen molar-refractivity contribution in [3.05, 3.63) is 98.5 Å². The number of hydrogen-bond acceptors (Lipinski definition) is 3. The van der Waals surface area contributed by atoms with Crippen molar-refractivity contribution in [2.24, 2.45) is 0 Å². The molecule has 1 fully saturated rings. The van der Waals surface area contributed by atoms with E-state index < -0.39 is 0 Å². The highest BCUT2D eigenvalue weighted by Gasteiger charge is 2.22. The van der Waals surface area contributed by atoms with Crippen molar-refractivity contribution < 1.29 is 9.53 Å². The number of aryl methyl sites for hydroxylation is 1. The fourth-order valence-corrected chi connectivity index (χ4v) is 4.59. The Hall–Kier alpha value is -2.34. The highest BCUT2D eigenvalue weighted by molar-refractivity contribution is 9.10. The lowest BCUT2D eigenvalue weighted by atomic mass is 10.1. The zero-order valence-corrected chi connectivity index (χ0v) is 20.4. The zero-order chi connectivity index (χ0) is 22.5. The van der Waals surface area contributed by atoms with Gasteiger partial charge in [-0.05, 0) is 48.4 Å². The van der Waals surface area contributed by atoms with Gasteiger partial charge in [-0.25, -0.2) is 0 Å². The molecule has 1 saturated heterocycles. The second-order valence-corrected chi connectivity index (χ2v) is 9.44. The van der Waals surface area contributed by atoms with Gasteiger partial charge in [-0.15, -0.1) is 0 Å². The summed E-state index contributed by atoms with van der Waals surface area (Å²) in [6, 6.07) is 21.8. The average molecular weight is 514 g/mol. The van der Waals surface area contributed by atoms with Gasteiger partial charge in [-0.3, -0.25) is 9.69 Å². The fourth-order valence-electron chi connectivity index (χ4n) is 3.86. The quantitative estimate of drug-likeness (QED) is 0.408. The predicted octanol–water partition coefficient (Wildman–Crippen LogP) is 5.95. The summed E-state index contributed by atoms with van der Waals surface area (Å²) in [4.78, 5) is 17.3. The number of carbonyl (C=O) groups excluding carboxylic acids is 1. The van der Waals surface area contributed by atoms with Crippen molar-refractivity contribution in [3.8, 4) is 5.75 Å². The molecule has 0 spiro atoms. The van der Waals surface area contributed by atoms with E-state index >= 15 is 0 Å². The summed E-state index contributed by atoms with van der Waals surface area (Å²) in [6.07, 6.45) is 0. The molecule has 0 saturated carbocycles. The van der Waals surface area contributed by atoms with Crippen molar-refractivity contribution in [2.45, 2.75) is 20.1 Å². The van der Waals surface area contributed by atoms with Gasteiger partial charge in [0.2, 0.25) is 0 Å². The summed E-state index contributed by atoms with van der Waals surface area (Å²) in [5.74, 6) is 0.724. The molecule has 0 radical (unpaired) electrons. The van der Waals surface area contributed by atoms with E-state index in [-0.39, 0.29) is 5.91 Å². The van der Waals surface area contributed by atoms with Crippen LogP contribution in [0.2, 0.25) is 5.02 Å². The number of nitrogens with zero attached hydrogens (tertiary/aromatic N) is 2. The first kappa shape index (κ1) is 22.8. The minimum atomic E-state index is 0.0867. The Labute approximate surface area is 202 Å². The molecule has 4 rings (SSSR count). The first-order valence-electron chi connectivity index (χ1n) is 10.7. The Balaban J connectivity index is 1.28. The van der Waals surface area contributed by atoms with Gasteiger partial charge in [0, 0.05) is 42.8 Å². The maximum absolute atomic E-state index is 12.9. The number of ether oxygens (including phenoxy) is 1. The SMILES string of the molecule is Cc1cccc(CN2CCN(C(=O)c3ccc(COc4ccc(Br)cc4Cl)cc3)CC2)c1. The Bertz CT molecular complexity index is 1080. The van der Waals surface area contributed by atoms with E-state index in [1.54, 1.807) is 6.07 Å². The van der Waals surface area contributed by atoms with Gasteiger partial charge < -0.3 is 9.64 Å². The summed E-state index contributed by atoms with van der Waals surface area (Å²) in [5.41, 5.74) is 4.31. The molecule has 0 aliphatic carbocycles. The largest absolute Gasteiger partial charge is 0.487 e. The van der Waals surface area contributed by atoms with Crippen LogP contribution in [0.25, 0.3) is 0 Å². The number of amides is 1. The normalized spacial score (nSPS) is 14.4. The van der Waals surface area contributed by atoms with Crippen molar-refractivity contribution in [1.29, 1.82) is 0 Å². The van der Waals surface area contributed by atoms with Gasteiger partial charge in [-0.1, -0.05) is 69.5 Å². The van der Waals surface area contributed by atoms with Crippen LogP contribution >= 0.6 is 27.5 Å². The molecule has 4 nitrogen and oxygen atoms in total. The Morgan fingerprint density at radius 3 is 2.41 bits per heavy atom. The fraction of sp³-hybridized carbons (Fsp3) is 0.269. The van der Waals surface area contributed by atoms with Crippen LogP contribution in [0, 0.1) is 6.92 Å². The monoisotopic (exact) mass is 512 g/mol. The summed E-state index contributed by atoms with van der Waals surface area (Å²) in [5, 5.41) is 0.563. The Morgan fingerprint density at radius 1 is 0.969 bits per heavy atom. The summed E-state index contributed by atoms with van der Waals surface area (Å²) < 4.78 is 6.72. The average Bonchev–Trinajstić information content (AvgIpc) is 2.79. The molecule has 0 bridgehead atoms. The zero-order valence-electron chi connectivity index (χ0n) is 18.1. The first-order chi connectivity index (χ1) is 15.5. The van der Waals surface area contributed by atoms with Crippen LogP contribution in [0.5, 0.6) is 5.75 Å². The lowest BCUT2D eigenvalue weighted by Gasteiger charge is -2.34. The van der Waals surface area contributed by atoms with Crippen LogP contribution in [0.4, 0.5) is 0 Å². The minimum absolute atomic E-state index is 0.0867. The summed E-state index contributed by atoms with van der Waals surface area (Å²) >= 11 is 9.59. The van der Waals surface area contributed by atoms with E-state index in [0.717, 1.165) is 42.8 Å². The Morgan fingerprint density at radius 2 is 1.72 bits per heavy atom. The van der Waals surface area contributed by atoms with Crippen LogP contribution in [0.3, 0.4) is 0 Å². The molecule has 1 amide bonds. The van der Waals surface area contributed by atoms with E-state index in [4.69, 9.17) is 16.3 Å². The molecule has 0 aromatic heterocycles. The number of halogens is 2. The van der Waals surface area contributed by atoms with Gasteiger partial charge in [0.05, 0.1) is 5.02 Å². The van der Waals surface area contributed by atoms with Crippen LogP contribution < -0.4 is 4.74 Å². The van der Waals surface area contributed by atoms with Gasteiger partial charge >= 0.3 is 0 Å². The topological polar surface area (TPSA) is 32.8 Å². The summed E-state index contributed by atoms with van der Waals surface area (Å²) in [7, 11) is 0. The third kappa shape index (κ3) is 5.91. The van der Waals surface area contributed by atoms with Crippen LogP contribution in [-0.2, 0) is 13.2 Å². The third-order valence-corrected chi connectivity index (χ3v) is 6.43. The first-order valence-corrected chi connectivity index (χ1v) is 11.9. The van der Waals surface area contributed by atoms with Crippen molar-refractivity contribution in [3.63, 3.8) is 0 Å². The van der Waals surface area contributed by atoms with Crippen LogP contribution in [-0.4, -0.2) is 41.9 Å². The molecular weight excluding hydrogens is 488 g/mol. The number of hydrogen-bond donors (Lipinski definition) is 0. The minimum Gasteiger partial charge on any atom is -0.487 e.